The van der Waals surface area contributed by atoms with E-state index >= 15 is 0 Å². The van der Waals surface area contributed by atoms with Gasteiger partial charge >= 0.3 is 0 Å². The minimum Gasteiger partial charge on any atom is -0.384 e. The Labute approximate surface area is 103 Å². The lowest BCUT2D eigenvalue weighted by molar-refractivity contribution is -0.0592. The van der Waals surface area contributed by atoms with Crippen molar-refractivity contribution in [1.29, 1.82) is 0 Å². The van der Waals surface area contributed by atoms with Crippen LogP contribution in [0.5, 0.6) is 0 Å². The van der Waals surface area contributed by atoms with Crippen molar-refractivity contribution in [3.63, 3.8) is 0 Å². The summed E-state index contributed by atoms with van der Waals surface area (Å²) < 4.78 is 5.69. The fourth-order valence-corrected chi connectivity index (χ4v) is 2.25. The first-order valence-corrected chi connectivity index (χ1v) is 6.25. The maximum Gasteiger partial charge on any atom is 0.123 e. The molecule has 1 aliphatic rings. The van der Waals surface area contributed by atoms with Crippen molar-refractivity contribution in [3.05, 3.63) is 23.9 Å². The molecule has 1 aromatic heterocycles. The number of anilines is 1. The molecule has 0 aromatic carbocycles. The van der Waals surface area contributed by atoms with E-state index in [9.17, 15) is 0 Å². The molecule has 1 aliphatic heterocycles. The minimum atomic E-state index is 0.319. The predicted molar refractivity (Wildman–Crippen MR) is 68.6 cm³/mol. The number of nitrogens with zero attached hydrogens (tertiary/aromatic N) is 2. The summed E-state index contributed by atoms with van der Waals surface area (Å²) in [6, 6.07) is 4.43. The number of aromatic nitrogens is 1. The lowest BCUT2D eigenvalue weighted by Gasteiger charge is -2.38. The highest BCUT2D eigenvalue weighted by atomic mass is 16.5. The van der Waals surface area contributed by atoms with Crippen LogP contribution in [0.25, 0.3) is 0 Å². The molecule has 1 saturated heterocycles. The molecule has 4 nitrogen and oxygen atoms in total. The normalized spacial score (nSPS) is 26.0. The number of morpholine rings is 1. The molecule has 4 heteroatoms. The van der Waals surface area contributed by atoms with Crippen molar-refractivity contribution in [2.45, 2.75) is 39.0 Å². The van der Waals surface area contributed by atoms with Crippen LogP contribution in [0.15, 0.2) is 18.3 Å². The molecule has 94 valence electrons. The summed E-state index contributed by atoms with van der Waals surface area (Å²) in [6.45, 7) is 7.08. The first-order valence-electron chi connectivity index (χ1n) is 6.25. The molecule has 17 heavy (non-hydrogen) atoms. The maximum atomic E-state index is 5.69. The molecule has 2 unspecified atom stereocenters. The van der Waals surface area contributed by atoms with E-state index in [-0.39, 0.29) is 0 Å². The van der Waals surface area contributed by atoms with Gasteiger partial charge in [0.25, 0.3) is 0 Å². The summed E-state index contributed by atoms with van der Waals surface area (Å²) in [6.07, 6.45) is 3.30. The average molecular weight is 235 g/mol. The smallest absolute Gasteiger partial charge is 0.123 e. The minimum absolute atomic E-state index is 0.319. The lowest BCUT2D eigenvalue weighted by atomic mass is 10.1. The van der Waals surface area contributed by atoms with Gasteiger partial charge in [0.15, 0.2) is 0 Å². The molecular weight excluding hydrogens is 214 g/mol. The molecule has 0 saturated carbocycles. The highest BCUT2D eigenvalue weighted by Gasteiger charge is 2.25. The maximum absolute atomic E-state index is 5.69. The van der Waals surface area contributed by atoms with Gasteiger partial charge in [-0.3, -0.25) is 4.90 Å². The summed E-state index contributed by atoms with van der Waals surface area (Å²) in [7, 11) is 0. The van der Waals surface area contributed by atoms with Gasteiger partial charge in [0.05, 0.1) is 12.7 Å². The van der Waals surface area contributed by atoms with E-state index in [0.29, 0.717) is 18.0 Å². The van der Waals surface area contributed by atoms with E-state index < -0.39 is 0 Å². The topological polar surface area (TPSA) is 51.4 Å². The molecule has 1 aromatic rings. The zero-order valence-corrected chi connectivity index (χ0v) is 10.6. The Balaban J connectivity index is 2.02. The van der Waals surface area contributed by atoms with Crippen LogP contribution < -0.4 is 5.73 Å². The summed E-state index contributed by atoms with van der Waals surface area (Å²) in [5.74, 6) is 0.580. The van der Waals surface area contributed by atoms with Gasteiger partial charge < -0.3 is 10.5 Å². The monoisotopic (exact) mass is 235 g/mol. The third kappa shape index (κ3) is 3.17. The van der Waals surface area contributed by atoms with Crippen LogP contribution in [0.4, 0.5) is 5.82 Å². The highest BCUT2D eigenvalue weighted by molar-refractivity contribution is 5.29. The third-order valence-corrected chi connectivity index (χ3v) is 3.29. The second kappa shape index (κ2) is 5.47. The number of nitrogens with two attached hydrogens (primary N) is 1. The molecule has 0 aliphatic carbocycles. The standard InChI is InChI=1S/C13H21N3O/c1-3-12-9-17-10(2)7-16(12)8-11-4-5-13(14)15-6-11/h4-6,10,12H,3,7-9H2,1-2H3,(H2,14,15). The van der Waals surface area contributed by atoms with Crippen molar-refractivity contribution < 1.29 is 4.74 Å². The van der Waals surface area contributed by atoms with Gasteiger partial charge in [0, 0.05) is 25.3 Å². The Kier molecular flexibility index (Phi) is 3.97. The second-order valence-electron chi connectivity index (χ2n) is 4.73. The second-order valence-corrected chi connectivity index (χ2v) is 4.73. The van der Waals surface area contributed by atoms with Crippen LogP contribution in [0.3, 0.4) is 0 Å². The largest absolute Gasteiger partial charge is 0.384 e. The number of nitrogen functional groups attached to an aromatic ring is 1. The number of hydrogen-bond acceptors (Lipinski definition) is 4. The van der Waals surface area contributed by atoms with E-state index in [0.717, 1.165) is 26.1 Å². The van der Waals surface area contributed by atoms with Gasteiger partial charge in [-0.15, -0.1) is 0 Å². The molecule has 1 fully saturated rings. The molecule has 0 bridgehead atoms. The van der Waals surface area contributed by atoms with Gasteiger partial charge in [-0.05, 0) is 25.0 Å². The molecule has 2 atom stereocenters. The van der Waals surface area contributed by atoms with Crippen molar-refractivity contribution >= 4 is 5.82 Å². The van der Waals surface area contributed by atoms with Crippen LogP contribution in [0.2, 0.25) is 0 Å². The SMILES string of the molecule is CCC1COC(C)CN1Cc1ccc(N)nc1. The fourth-order valence-electron chi connectivity index (χ4n) is 2.25. The van der Waals surface area contributed by atoms with Crippen LogP contribution in [-0.2, 0) is 11.3 Å². The first kappa shape index (κ1) is 12.3. The molecule has 0 spiro atoms. The number of rotatable bonds is 3. The van der Waals surface area contributed by atoms with Crippen molar-refractivity contribution in [2.75, 3.05) is 18.9 Å². The number of pyridine rings is 1. The van der Waals surface area contributed by atoms with Gasteiger partial charge in [0.2, 0.25) is 0 Å². The molecular formula is C13H21N3O. The Morgan fingerprint density at radius 1 is 1.53 bits per heavy atom. The van der Waals surface area contributed by atoms with Crippen LogP contribution in [0.1, 0.15) is 25.8 Å². The molecule has 2 heterocycles. The molecule has 2 N–H and O–H groups in total. The van der Waals surface area contributed by atoms with E-state index in [1.807, 2.05) is 12.3 Å². The van der Waals surface area contributed by atoms with E-state index in [2.05, 4.69) is 29.8 Å². The summed E-state index contributed by atoms with van der Waals surface area (Å²) in [5, 5.41) is 0. The first-order chi connectivity index (χ1) is 8.19. The average Bonchev–Trinajstić information content (AvgIpc) is 2.32. The zero-order valence-electron chi connectivity index (χ0n) is 10.6. The van der Waals surface area contributed by atoms with Crippen molar-refractivity contribution in [1.82, 2.24) is 9.88 Å². The number of ether oxygens (including phenoxy) is 1. The quantitative estimate of drug-likeness (QED) is 0.865. The van der Waals surface area contributed by atoms with Crippen LogP contribution in [0, 0.1) is 0 Å². The number of hydrogen-bond donors (Lipinski definition) is 1. The van der Waals surface area contributed by atoms with Crippen molar-refractivity contribution in [3.8, 4) is 0 Å². The van der Waals surface area contributed by atoms with E-state index in [1.54, 1.807) is 0 Å². The molecule has 2 rings (SSSR count). The highest BCUT2D eigenvalue weighted by Crippen LogP contribution is 2.17. The summed E-state index contributed by atoms with van der Waals surface area (Å²) >= 11 is 0. The Morgan fingerprint density at radius 2 is 2.35 bits per heavy atom. The summed E-state index contributed by atoms with van der Waals surface area (Å²) in [4.78, 5) is 6.61. The van der Waals surface area contributed by atoms with E-state index in [4.69, 9.17) is 10.5 Å². The summed E-state index contributed by atoms with van der Waals surface area (Å²) in [5.41, 5.74) is 6.81. The van der Waals surface area contributed by atoms with Gasteiger partial charge in [-0.1, -0.05) is 13.0 Å². The fraction of sp³-hybridized carbons (Fsp3) is 0.615. The van der Waals surface area contributed by atoms with E-state index in [1.165, 1.54) is 5.56 Å². The Bertz CT molecular complexity index is 352. The van der Waals surface area contributed by atoms with Gasteiger partial charge in [-0.25, -0.2) is 4.98 Å². The lowest BCUT2D eigenvalue weighted by Crippen LogP contribution is -2.47. The van der Waals surface area contributed by atoms with Gasteiger partial charge in [-0.2, -0.15) is 0 Å². The Hall–Kier alpha value is -1.13. The zero-order chi connectivity index (χ0) is 12.3. The third-order valence-electron chi connectivity index (χ3n) is 3.29. The molecule has 0 radical (unpaired) electrons. The van der Waals surface area contributed by atoms with Gasteiger partial charge in [0.1, 0.15) is 5.82 Å². The van der Waals surface area contributed by atoms with Crippen LogP contribution in [-0.4, -0.2) is 35.2 Å². The van der Waals surface area contributed by atoms with Crippen LogP contribution >= 0.6 is 0 Å². The molecule has 0 amide bonds. The van der Waals surface area contributed by atoms with Crippen molar-refractivity contribution in [2.24, 2.45) is 0 Å². The predicted octanol–water partition coefficient (Wildman–Crippen LogP) is 1.66. The Morgan fingerprint density at radius 3 is 3.00 bits per heavy atom.